The number of amides is 1. The van der Waals surface area contributed by atoms with Gasteiger partial charge in [0.25, 0.3) is 5.91 Å². The van der Waals surface area contributed by atoms with E-state index >= 15 is 0 Å². The van der Waals surface area contributed by atoms with Crippen LogP contribution in [-0.2, 0) is 0 Å². The average Bonchev–Trinajstić information content (AvgIpc) is 2.68. The second-order valence-corrected chi connectivity index (χ2v) is 7.94. The van der Waals surface area contributed by atoms with Crippen molar-refractivity contribution in [1.29, 1.82) is 0 Å². The normalized spacial score (nSPS) is 10.5. The van der Waals surface area contributed by atoms with Crippen LogP contribution in [0, 0.1) is 0 Å². The molecule has 1 aromatic carbocycles. The Bertz CT molecular complexity index is 622. The molecular formula is C12H9Br3N2OS. The molecule has 1 amide bonds. The van der Waals surface area contributed by atoms with Gasteiger partial charge in [-0.2, -0.15) is 0 Å². The third-order valence-electron chi connectivity index (χ3n) is 2.51. The fraction of sp³-hybridized carbons (Fsp3) is 0.0833. The molecule has 0 radical (unpaired) electrons. The van der Waals surface area contributed by atoms with E-state index in [4.69, 9.17) is 5.73 Å². The largest absolute Gasteiger partial charge is 0.397 e. The zero-order valence-corrected chi connectivity index (χ0v) is 15.4. The quantitative estimate of drug-likeness (QED) is 0.637. The Morgan fingerprint density at radius 1 is 1.26 bits per heavy atom. The number of hydrogen-bond donors (Lipinski definition) is 1. The highest BCUT2D eigenvalue weighted by Gasteiger charge is 2.19. The van der Waals surface area contributed by atoms with Gasteiger partial charge in [-0.3, -0.25) is 4.79 Å². The Morgan fingerprint density at radius 2 is 1.95 bits per heavy atom. The summed E-state index contributed by atoms with van der Waals surface area (Å²) in [6.45, 7) is 0. The Kier molecular flexibility index (Phi) is 4.70. The summed E-state index contributed by atoms with van der Waals surface area (Å²) in [7, 11) is 1.71. The van der Waals surface area contributed by atoms with Gasteiger partial charge in [-0.05, 0) is 56.1 Å². The zero-order chi connectivity index (χ0) is 14.2. The summed E-state index contributed by atoms with van der Waals surface area (Å²) < 4.78 is 2.65. The number of nitrogens with two attached hydrogens (primary N) is 1. The number of halogens is 3. The lowest BCUT2D eigenvalue weighted by Gasteiger charge is -2.18. The summed E-state index contributed by atoms with van der Waals surface area (Å²) in [5.41, 5.74) is 7.18. The Hall–Kier alpha value is -0.370. The van der Waals surface area contributed by atoms with Gasteiger partial charge in [-0.15, -0.1) is 11.3 Å². The standard InChI is InChI=1S/C12H9Br3N2OS/c1-17(9-3-2-6(13)4-8(9)16)12(18)10-5-7(14)11(15)19-10/h2-5H,16H2,1H3. The molecule has 7 heteroatoms. The van der Waals surface area contributed by atoms with Gasteiger partial charge in [0.05, 0.1) is 20.0 Å². The second-order valence-electron chi connectivity index (χ2n) is 3.80. The molecule has 1 aromatic heterocycles. The predicted octanol–water partition coefficient (Wildman–Crippen LogP) is 4.89. The number of nitrogens with zero attached hydrogens (tertiary/aromatic N) is 1. The van der Waals surface area contributed by atoms with Crippen molar-refractivity contribution in [3.05, 3.63) is 41.9 Å². The van der Waals surface area contributed by atoms with Crippen molar-refractivity contribution in [1.82, 2.24) is 0 Å². The van der Waals surface area contributed by atoms with Crippen LogP contribution >= 0.6 is 59.1 Å². The minimum absolute atomic E-state index is 0.0922. The van der Waals surface area contributed by atoms with E-state index in [2.05, 4.69) is 47.8 Å². The Balaban J connectivity index is 2.33. The summed E-state index contributed by atoms with van der Waals surface area (Å²) in [5.74, 6) is -0.0922. The molecule has 3 nitrogen and oxygen atoms in total. The molecule has 0 aliphatic carbocycles. The summed E-state index contributed by atoms with van der Waals surface area (Å²) in [6, 6.07) is 7.24. The maximum Gasteiger partial charge on any atom is 0.268 e. The molecule has 0 saturated carbocycles. The van der Waals surface area contributed by atoms with Gasteiger partial charge in [-0.25, -0.2) is 0 Å². The first-order valence-corrected chi connectivity index (χ1v) is 8.37. The molecule has 0 aliphatic rings. The van der Waals surface area contributed by atoms with Crippen molar-refractivity contribution in [2.24, 2.45) is 0 Å². The van der Waals surface area contributed by atoms with Gasteiger partial charge in [0.2, 0.25) is 0 Å². The van der Waals surface area contributed by atoms with Crippen LogP contribution in [0.2, 0.25) is 0 Å². The number of carbonyl (C=O) groups is 1. The zero-order valence-electron chi connectivity index (χ0n) is 9.78. The minimum atomic E-state index is -0.0922. The van der Waals surface area contributed by atoms with Gasteiger partial charge in [-0.1, -0.05) is 15.9 Å². The molecule has 2 rings (SSSR count). The molecule has 0 saturated heterocycles. The van der Waals surface area contributed by atoms with Crippen LogP contribution in [0.1, 0.15) is 9.67 Å². The molecule has 1 heterocycles. The molecule has 100 valence electrons. The van der Waals surface area contributed by atoms with Crippen LogP contribution < -0.4 is 10.6 Å². The lowest BCUT2D eigenvalue weighted by molar-refractivity contribution is 0.0997. The summed E-state index contributed by atoms with van der Waals surface area (Å²) >= 11 is 11.5. The molecule has 0 bridgehead atoms. The van der Waals surface area contributed by atoms with Gasteiger partial charge in [0, 0.05) is 16.0 Å². The average molecular weight is 469 g/mol. The molecule has 19 heavy (non-hydrogen) atoms. The fourth-order valence-corrected chi connectivity index (χ4v) is 3.95. The Morgan fingerprint density at radius 3 is 2.47 bits per heavy atom. The number of benzene rings is 1. The first-order chi connectivity index (χ1) is 8.90. The smallest absolute Gasteiger partial charge is 0.268 e. The van der Waals surface area contributed by atoms with E-state index < -0.39 is 0 Å². The van der Waals surface area contributed by atoms with Crippen LogP contribution in [0.3, 0.4) is 0 Å². The molecule has 0 aliphatic heterocycles. The van der Waals surface area contributed by atoms with Gasteiger partial charge in [0.1, 0.15) is 0 Å². The number of nitrogen functional groups attached to an aromatic ring is 1. The van der Waals surface area contributed by atoms with Crippen LogP contribution in [0.15, 0.2) is 37.0 Å². The first kappa shape index (κ1) is 15.0. The number of thiophene rings is 1. The van der Waals surface area contributed by atoms with E-state index in [9.17, 15) is 4.79 Å². The van der Waals surface area contributed by atoms with E-state index in [-0.39, 0.29) is 5.91 Å². The van der Waals surface area contributed by atoms with E-state index in [1.807, 2.05) is 12.1 Å². The molecule has 2 aromatic rings. The molecule has 0 fully saturated rings. The van der Waals surface area contributed by atoms with Crippen LogP contribution in [-0.4, -0.2) is 13.0 Å². The highest BCUT2D eigenvalue weighted by Crippen LogP contribution is 2.34. The molecular weight excluding hydrogens is 460 g/mol. The maximum absolute atomic E-state index is 12.4. The van der Waals surface area contributed by atoms with Crippen molar-refractivity contribution in [3.63, 3.8) is 0 Å². The number of hydrogen-bond acceptors (Lipinski definition) is 3. The van der Waals surface area contributed by atoms with Crippen molar-refractivity contribution in [2.75, 3.05) is 17.7 Å². The highest BCUT2D eigenvalue weighted by molar-refractivity contribution is 9.13. The van der Waals surface area contributed by atoms with E-state index in [1.54, 1.807) is 24.1 Å². The predicted molar refractivity (Wildman–Crippen MR) is 91.0 cm³/mol. The molecule has 0 atom stereocenters. The highest BCUT2D eigenvalue weighted by atomic mass is 79.9. The van der Waals surface area contributed by atoms with Crippen LogP contribution in [0.5, 0.6) is 0 Å². The minimum Gasteiger partial charge on any atom is -0.397 e. The number of carbonyl (C=O) groups excluding carboxylic acids is 1. The SMILES string of the molecule is CN(C(=O)c1cc(Br)c(Br)s1)c1ccc(Br)cc1N. The van der Waals surface area contributed by atoms with E-state index in [1.165, 1.54) is 11.3 Å². The van der Waals surface area contributed by atoms with Crippen molar-refractivity contribution in [2.45, 2.75) is 0 Å². The first-order valence-electron chi connectivity index (χ1n) is 5.18. The third kappa shape index (κ3) is 3.21. The van der Waals surface area contributed by atoms with Crippen LogP contribution in [0.25, 0.3) is 0 Å². The summed E-state index contributed by atoms with van der Waals surface area (Å²) in [6.07, 6.45) is 0. The van der Waals surface area contributed by atoms with Crippen molar-refractivity contribution in [3.8, 4) is 0 Å². The number of rotatable bonds is 2. The fourth-order valence-electron chi connectivity index (χ4n) is 1.56. The van der Waals surface area contributed by atoms with Crippen molar-refractivity contribution >= 4 is 76.4 Å². The summed E-state index contributed by atoms with van der Waals surface area (Å²) in [4.78, 5) is 14.6. The van der Waals surface area contributed by atoms with E-state index in [0.29, 0.717) is 16.3 Å². The molecule has 2 N–H and O–H groups in total. The second kappa shape index (κ2) is 5.95. The van der Waals surface area contributed by atoms with Crippen LogP contribution in [0.4, 0.5) is 11.4 Å². The number of anilines is 2. The Labute approximate surface area is 140 Å². The monoisotopic (exact) mass is 466 g/mol. The lowest BCUT2D eigenvalue weighted by Crippen LogP contribution is -2.26. The van der Waals surface area contributed by atoms with Crippen molar-refractivity contribution < 1.29 is 4.79 Å². The van der Waals surface area contributed by atoms with Gasteiger partial charge >= 0.3 is 0 Å². The maximum atomic E-state index is 12.4. The van der Waals surface area contributed by atoms with E-state index in [0.717, 1.165) is 12.7 Å². The summed E-state index contributed by atoms with van der Waals surface area (Å²) in [5, 5.41) is 0. The topological polar surface area (TPSA) is 46.3 Å². The third-order valence-corrected chi connectivity index (χ3v) is 6.25. The lowest BCUT2D eigenvalue weighted by atomic mass is 10.2. The van der Waals surface area contributed by atoms with Gasteiger partial charge in [0.15, 0.2) is 0 Å². The van der Waals surface area contributed by atoms with Gasteiger partial charge < -0.3 is 10.6 Å². The molecule has 0 unspecified atom stereocenters. The molecule has 0 spiro atoms.